The first-order valence-electron chi connectivity index (χ1n) is 6.58. The van der Waals surface area contributed by atoms with Crippen LogP contribution in [-0.2, 0) is 0 Å². The van der Waals surface area contributed by atoms with E-state index >= 15 is 0 Å². The van der Waals surface area contributed by atoms with Gasteiger partial charge in [0.05, 0.1) is 11.6 Å². The maximum atomic E-state index is 8.73. The molecule has 0 amide bonds. The molecule has 96 valence electrons. The minimum Gasteiger partial charge on any atom is -0.385 e. The largest absolute Gasteiger partial charge is 0.385 e. The highest BCUT2D eigenvalue weighted by molar-refractivity contribution is 5.47. The topological polar surface area (TPSA) is 35.8 Å². The summed E-state index contributed by atoms with van der Waals surface area (Å²) in [7, 11) is 0. The molecule has 0 radical (unpaired) electrons. The molecule has 0 aliphatic heterocycles. The fourth-order valence-electron chi connectivity index (χ4n) is 2.04. The summed E-state index contributed by atoms with van der Waals surface area (Å²) in [6.45, 7) is 3.18. The lowest BCUT2D eigenvalue weighted by atomic mass is 9.98. The molecule has 0 bridgehead atoms. The van der Waals surface area contributed by atoms with Gasteiger partial charge in [0.2, 0.25) is 0 Å². The zero-order valence-corrected chi connectivity index (χ0v) is 11.1. The van der Waals surface area contributed by atoms with Gasteiger partial charge in [-0.1, -0.05) is 37.3 Å². The Balaban J connectivity index is 1.81. The highest BCUT2D eigenvalue weighted by Crippen LogP contribution is 2.18. The SMILES string of the molecule is CC(CCNc1ccc(C#N)cc1)c1ccccc1. The zero-order chi connectivity index (χ0) is 13.5. The average Bonchev–Trinajstić information content (AvgIpc) is 2.49. The van der Waals surface area contributed by atoms with Gasteiger partial charge in [-0.2, -0.15) is 5.26 Å². The maximum absolute atomic E-state index is 8.73. The van der Waals surface area contributed by atoms with Crippen molar-refractivity contribution in [2.75, 3.05) is 11.9 Å². The van der Waals surface area contributed by atoms with Crippen molar-refractivity contribution in [2.45, 2.75) is 19.3 Å². The van der Waals surface area contributed by atoms with Crippen molar-refractivity contribution in [2.24, 2.45) is 0 Å². The molecule has 0 aromatic heterocycles. The van der Waals surface area contributed by atoms with Crippen LogP contribution in [0.15, 0.2) is 54.6 Å². The van der Waals surface area contributed by atoms with Crippen LogP contribution < -0.4 is 5.32 Å². The molecule has 1 unspecified atom stereocenters. The Hall–Kier alpha value is -2.27. The van der Waals surface area contributed by atoms with E-state index in [1.54, 1.807) is 0 Å². The number of hydrogen-bond donors (Lipinski definition) is 1. The minimum absolute atomic E-state index is 0.548. The van der Waals surface area contributed by atoms with Crippen LogP contribution in [0.4, 0.5) is 5.69 Å². The molecule has 2 aromatic rings. The van der Waals surface area contributed by atoms with Crippen LogP contribution in [0.25, 0.3) is 0 Å². The van der Waals surface area contributed by atoms with Crippen molar-refractivity contribution < 1.29 is 0 Å². The lowest BCUT2D eigenvalue weighted by Crippen LogP contribution is -2.05. The van der Waals surface area contributed by atoms with Crippen molar-refractivity contribution in [3.05, 3.63) is 65.7 Å². The van der Waals surface area contributed by atoms with Gasteiger partial charge in [0, 0.05) is 12.2 Å². The Morgan fingerprint density at radius 2 is 1.74 bits per heavy atom. The zero-order valence-electron chi connectivity index (χ0n) is 11.1. The smallest absolute Gasteiger partial charge is 0.0991 e. The molecule has 19 heavy (non-hydrogen) atoms. The summed E-state index contributed by atoms with van der Waals surface area (Å²) in [5.41, 5.74) is 3.14. The second-order valence-electron chi connectivity index (χ2n) is 4.72. The summed E-state index contributed by atoms with van der Waals surface area (Å²) >= 11 is 0. The summed E-state index contributed by atoms with van der Waals surface area (Å²) < 4.78 is 0. The van der Waals surface area contributed by atoms with Crippen LogP contribution in [0, 0.1) is 11.3 Å². The van der Waals surface area contributed by atoms with Crippen molar-refractivity contribution in [3.63, 3.8) is 0 Å². The predicted molar refractivity (Wildman–Crippen MR) is 79.1 cm³/mol. The first-order chi connectivity index (χ1) is 9.29. The van der Waals surface area contributed by atoms with E-state index in [9.17, 15) is 0 Å². The van der Waals surface area contributed by atoms with Crippen molar-refractivity contribution in [1.29, 1.82) is 5.26 Å². The number of rotatable bonds is 5. The number of hydrogen-bond acceptors (Lipinski definition) is 2. The number of benzene rings is 2. The van der Waals surface area contributed by atoms with Gasteiger partial charge < -0.3 is 5.32 Å². The summed E-state index contributed by atoms with van der Waals surface area (Å²) in [6.07, 6.45) is 1.09. The van der Waals surface area contributed by atoms with E-state index in [1.807, 2.05) is 30.3 Å². The van der Waals surface area contributed by atoms with Crippen molar-refractivity contribution in [3.8, 4) is 6.07 Å². The van der Waals surface area contributed by atoms with Gasteiger partial charge in [-0.3, -0.25) is 0 Å². The van der Waals surface area contributed by atoms with Gasteiger partial charge in [-0.25, -0.2) is 0 Å². The fraction of sp³-hybridized carbons (Fsp3) is 0.235. The van der Waals surface area contributed by atoms with Crippen LogP contribution in [0.1, 0.15) is 30.4 Å². The molecule has 0 saturated carbocycles. The van der Waals surface area contributed by atoms with Gasteiger partial charge >= 0.3 is 0 Å². The molecule has 0 spiro atoms. The van der Waals surface area contributed by atoms with Crippen LogP contribution >= 0.6 is 0 Å². The van der Waals surface area contributed by atoms with Crippen molar-refractivity contribution >= 4 is 5.69 Å². The molecule has 0 aliphatic rings. The molecule has 2 nitrogen and oxygen atoms in total. The minimum atomic E-state index is 0.548. The van der Waals surface area contributed by atoms with Crippen LogP contribution in [0.3, 0.4) is 0 Å². The first-order valence-corrected chi connectivity index (χ1v) is 6.58. The summed E-state index contributed by atoms with van der Waals surface area (Å²) in [6, 6.07) is 20.3. The Bertz CT molecular complexity index is 538. The average molecular weight is 250 g/mol. The van der Waals surface area contributed by atoms with E-state index in [4.69, 9.17) is 5.26 Å². The second kappa shape index (κ2) is 6.61. The lowest BCUT2D eigenvalue weighted by molar-refractivity contribution is 0.706. The summed E-state index contributed by atoms with van der Waals surface area (Å²) in [5.74, 6) is 0.548. The van der Waals surface area contributed by atoms with Crippen LogP contribution in [-0.4, -0.2) is 6.54 Å². The lowest BCUT2D eigenvalue weighted by Gasteiger charge is -2.13. The number of nitrogens with zero attached hydrogens (tertiary/aromatic N) is 1. The highest BCUT2D eigenvalue weighted by Gasteiger charge is 2.04. The van der Waals surface area contributed by atoms with E-state index in [2.05, 4.69) is 42.6 Å². The van der Waals surface area contributed by atoms with E-state index in [0.29, 0.717) is 11.5 Å². The van der Waals surface area contributed by atoms with Gasteiger partial charge in [0.25, 0.3) is 0 Å². The summed E-state index contributed by atoms with van der Waals surface area (Å²) in [5, 5.41) is 12.1. The molecular formula is C17H18N2. The predicted octanol–water partition coefficient (Wildman–Crippen LogP) is 4.16. The van der Waals surface area contributed by atoms with Gasteiger partial charge in [-0.15, -0.1) is 0 Å². The fourth-order valence-corrected chi connectivity index (χ4v) is 2.04. The summed E-state index contributed by atoms with van der Waals surface area (Å²) in [4.78, 5) is 0. The van der Waals surface area contributed by atoms with E-state index in [0.717, 1.165) is 18.7 Å². The number of anilines is 1. The molecule has 1 atom stereocenters. The Morgan fingerprint density at radius 1 is 1.05 bits per heavy atom. The first kappa shape index (κ1) is 13.2. The molecule has 0 heterocycles. The molecule has 2 aromatic carbocycles. The molecule has 0 aliphatic carbocycles. The molecule has 1 N–H and O–H groups in total. The normalized spacial score (nSPS) is 11.6. The third-order valence-electron chi connectivity index (χ3n) is 3.29. The van der Waals surface area contributed by atoms with Crippen LogP contribution in [0.2, 0.25) is 0 Å². The van der Waals surface area contributed by atoms with E-state index in [1.165, 1.54) is 5.56 Å². The second-order valence-corrected chi connectivity index (χ2v) is 4.72. The number of nitrogens with one attached hydrogen (secondary N) is 1. The van der Waals surface area contributed by atoms with Crippen molar-refractivity contribution in [1.82, 2.24) is 0 Å². The number of nitriles is 1. The Labute approximate surface area is 114 Å². The molecule has 2 heteroatoms. The standard InChI is InChI=1S/C17H18N2/c1-14(16-5-3-2-4-6-16)11-12-19-17-9-7-15(13-18)8-10-17/h2-10,14,19H,11-12H2,1H3. The molecule has 0 saturated heterocycles. The maximum Gasteiger partial charge on any atom is 0.0991 e. The van der Waals surface area contributed by atoms with Crippen LogP contribution in [0.5, 0.6) is 0 Å². The van der Waals surface area contributed by atoms with Gasteiger partial charge in [-0.05, 0) is 42.2 Å². The molecule has 0 fully saturated rings. The molecule has 2 rings (SSSR count). The van der Waals surface area contributed by atoms with Gasteiger partial charge in [0.15, 0.2) is 0 Å². The highest BCUT2D eigenvalue weighted by atomic mass is 14.9. The monoisotopic (exact) mass is 250 g/mol. The third kappa shape index (κ3) is 3.86. The third-order valence-corrected chi connectivity index (χ3v) is 3.29. The molecular weight excluding hydrogens is 232 g/mol. The Kier molecular flexibility index (Phi) is 4.58. The van der Waals surface area contributed by atoms with E-state index in [-0.39, 0.29) is 0 Å². The Morgan fingerprint density at radius 3 is 2.37 bits per heavy atom. The van der Waals surface area contributed by atoms with Gasteiger partial charge in [0.1, 0.15) is 0 Å². The van der Waals surface area contributed by atoms with E-state index < -0.39 is 0 Å². The quantitative estimate of drug-likeness (QED) is 0.864.